The van der Waals surface area contributed by atoms with Gasteiger partial charge in [-0.05, 0) is 0 Å². The molecule has 4 aromatic heterocycles. The van der Waals surface area contributed by atoms with Crippen LogP contribution >= 0.6 is 15.3 Å². The fourth-order valence-corrected chi connectivity index (χ4v) is 7.49. The number of fused-ring (bicyclic) bond motifs is 5. The minimum atomic E-state index is -5.07. The SMILES string of the molecule is [B][P@]1(=O)OCC2OC(n3cnc4c(N)ncnc43)C(F)C2OP(=O)(O)OCC2OC(n3cnc4c(=O)[nH]c(N)nc43)C(O1)C2OC. The van der Waals surface area contributed by atoms with Gasteiger partial charge in [0.2, 0.25) is 13.5 Å². The highest BCUT2D eigenvalue weighted by Gasteiger charge is 2.54. The van der Waals surface area contributed by atoms with E-state index in [4.69, 9.17) is 51.3 Å². The second kappa shape index (κ2) is 11.4. The van der Waals surface area contributed by atoms with E-state index >= 15 is 4.39 Å². The number of nitrogens with one attached hydrogen (secondary N) is 1. The summed E-state index contributed by atoms with van der Waals surface area (Å²) in [5.41, 5.74) is 11.0. The summed E-state index contributed by atoms with van der Waals surface area (Å²) in [5, 5.41) is 0. The van der Waals surface area contributed by atoms with Gasteiger partial charge in [-0.2, -0.15) is 4.98 Å². The number of halogens is 1. The van der Waals surface area contributed by atoms with E-state index in [0.717, 1.165) is 6.33 Å². The zero-order valence-corrected chi connectivity index (χ0v) is 25.2. The van der Waals surface area contributed by atoms with Crippen LogP contribution in [0.4, 0.5) is 16.2 Å². The normalized spacial score (nSPS) is 37.1. The second-order valence-electron chi connectivity index (χ2n) is 10.4. The highest BCUT2D eigenvalue weighted by molar-refractivity contribution is 7.79. The van der Waals surface area contributed by atoms with Crippen molar-refractivity contribution in [1.82, 2.24) is 39.0 Å². The average molecular weight is 684 g/mol. The molecule has 0 aliphatic carbocycles. The average Bonchev–Trinajstić information content (AvgIpc) is 3.75. The molecule has 0 aromatic carbocycles. The smallest absolute Gasteiger partial charge is 0.382 e. The third-order valence-corrected chi connectivity index (χ3v) is 9.59. The highest BCUT2D eigenvalue weighted by atomic mass is 31.2. The fraction of sp³-hybridized carbons (Fsp3) is 0.524. The van der Waals surface area contributed by atoms with Gasteiger partial charge in [0.25, 0.3) is 13.0 Å². The third-order valence-electron chi connectivity index (χ3n) is 7.55. The van der Waals surface area contributed by atoms with Gasteiger partial charge in [0, 0.05) is 7.11 Å². The molecule has 3 aliphatic heterocycles. The van der Waals surface area contributed by atoms with E-state index in [9.17, 15) is 18.8 Å². The Morgan fingerprint density at radius 1 is 1.00 bits per heavy atom. The van der Waals surface area contributed by atoms with Crippen molar-refractivity contribution in [2.24, 2.45) is 0 Å². The number of aromatic nitrogens is 8. The predicted molar refractivity (Wildman–Crippen MR) is 151 cm³/mol. The molecule has 21 nitrogen and oxygen atoms in total. The Labute approximate surface area is 257 Å². The molecule has 2 radical (unpaired) electrons. The lowest BCUT2D eigenvalue weighted by Crippen LogP contribution is -2.37. The molecular weight excluding hydrogens is 660 g/mol. The minimum Gasteiger partial charge on any atom is -0.382 e. The van der Waals surface area contributed by atoms with E-state index in [0.29, 0.717) is 0 Å². The molecule has 25 heteroatoms. The van der Waals surface area contributed by atoms with Crippen LogP contribution in [-0.2, 0) is 41.4 Å². The number of ether oxygens (including phenoxy) is 3. The molecule has 9 unspecified atom stereocenters. The molecule has 2 bridgehead atoms. The Kier molecular flexibility index (Phi) is 7.75. The number of alkyl halides is 1. The van der Waals surface area contributed by atoms with Crippen molar-refractivity contribution in [3.05, 3.63) is 29.3 Å². The molecule has 4 aromatic rings. The Balaban J connectivity index is 1.22. The van der Waals surface area contributed by atoms with E-state index in [-0.39, 0.29) is 34.1 Å². The first-order valence-corrected chi connectivity index (χ1v) is 16.5. The summed E-state index contributed by atoms with van der Waals surface area (Å²) in [7, 11) is -2.42. The molecule has 0 amide bonds. The van der Waals surface area contributed by atoms with E-state index in [2.05, 4.69) is 29.9 Å². The first-order chi connectivity index (χ1) is 21.9. The summed E-state index contributed by atoms with van der Waals surface area (Å²) in [6, 6.07) is 0. The molecule has 7 heterocycles. The summed E-state index contributed by atoms with van der Waals surface area (Å²) < 4.78 is 84.1. The zero-order chi connectivity index (χ0) is 32.5. The van der Waals surface area contributed by atoms with Crippen LogP contribution in [0.1, 0.15) is 12.5 Å². The number of hydrogen-bond acceptors (Lipinski definition) is 17. The summed E-state index contributed by atoms with van der Waals surface area (Å²) in [5.74, 6) is -0.213. The summed E-state index contributed by atoms with van der Waals surface area (Å²) in [4.78, 5) is 45.5. The predicted octanol–water partition coefficient (Wildman–Crippen LogP) is -0.534. The van der Waals surface area contributed by atoms with Crippen molar-refractivity contribution < 1.29 is 50.7 Å². The summed E-state index contributed by atoms with van der Waals surface area (Å²) in [6.07, 6.45) is -8.52. The van der Waals surface area contributed by atoms with Crippen molar-refractivity contribution in [3.8, 4) is 0 Å². The number of H-pyrrole nitrogens is 1. The van der Waals surface area contributed by atoms with Gasteiger partial charge in [-0.1, -0.05) is 0 Å². The fourth-order valence-electron chi connectivity index (χ4n) is 5.56. The second-order valence-corrected chi connectivity index (χ2v) is 13.3. The Bertz CT molecular complexity index is 1960. The third kappa shape index (κ3) is 5.41. The number of methoxy groups -OCH3 is 1. The Morgan fingerprint density at radius 2 is 1.70 bits per heavy atom. The number of aromatic amines is 1. The lowest BCUT2D eigenvalue weighted by Gasteiger charge is -2.28. The van der Waals surface area contributed by atoms with Crippen LogP contribution in [0, 0.1) is 0 Å². The lowest BCUT2D eigenvalue weighted by molar-refractivity contribution is -0.0631. The van der Waals surface area contributed by atoms with Crippen molar-refractivity contribution in [2.75, 3.05) is 31.8 Å². The van der Waals surface area contributed by atoms with Crippen LogP contribution in [0.3, 0.4) is 0 Å². The van der Waals surface area contributed by atoms with E-state index in [1.807, 2.05) is 0 Å². The number of rotatable bonds is 3. The van der Waals surface area contributed by atoms with Gasteiger partial charge >= 0.3 is 7.82 Å². The maximum absolute atomic E-state index is 16.0. The van der Waals surface area contributed by atoms with Crippen molar-refractivity contribution >= 4 is 57.0 Å². The van der Waals surface area contributed by atoms with Crippen LogP contribution in [0.2, 0.25) is 0 Å². The molecule has 7 rings (SSSR count). The molecule has 3 fully saturated rings. The van der Waals surface area contributed by atoms with Gasteiger partial charge in [0.1, 0.15) is 42.4 Å². The van der Waals surface area contributed by atoms with Gasteiger partial charge in [-0.15, -0.1) is 0 Å². The number of nitrogens with zero attached hydrogens (tertiary/aromatic N) is 7. The van der Waals surface area contributed by atoms with Crippen LogP contribution in [0.25, 0.3) is 22.3 Å². The Morgan fingerprint density at radius 3 is 2.46 bits per heavy atom. The van der Waals surface area contributed by atoms with E-state index in [1.165, 1.54) is 28.9 Å². The molecule has 3 aliphatic rings. The number of phosphoric acid groups is 1. The largest absolute Gasteiger partial charge is 0.472 e. The van der Waals surface area contributed by atoms with E-state index in [1.54, 1.807) is 0 Å². The quantitative estimate of drug-likeness (QED) is 0.156. The number of nitrogens with two attached hydrogens (primary N) is 2. The standard InChI is InChI=1S/C21H24BFN10O11P2/c1-38-13-8-3-40-46(36,37)44-12-7(41-19(9(12)23)32-5-28-10-15(24)26-4-27-16(10)32)2-39-45(22,35)43-14(13)20(42-8)33-6-29-11-17(33)30-21(25)31-18(11)34/h4-9,12-14,19-20H,2-3H2,1H3,(H,36,37)(H2,24,26,27)(H3,25,30,31,34)/t7?,8?,9?,12?,13?,14?,19?,20?,45-/m0/s1. The summed E-state index contributed by atoms with van der Waals surface area (Å²) in [6.45, 7) is -1.43. The monoisotopic (exact) mass is 684 g/mol. The van der Waals surface area contributed by atoms with Crippen molar-refractivity contribution in [3.63, 3.8) is 0 Å². The highest BCUT2D eigenvalue weighted by Crippen LogP contribution is 2.54. The molecular formula is C21H24BFN10O11P2. The van der Waals surface area contributed by atoms with Crippen molar-refractivity contribution in [1.29, 1.82) is 0 Å². The number of hydrogen-bond donors (Lipinski definition) is 4. The lowest BCUT2D eigenvalue weighted by atomic mass is 10.1. The molecule has 0 saturated carbocycles. The topological polar surface area (TPSA) is 278 Å². The molecule has 0 spiro atoms. The maximum Gasteiger partial charge on any atom is 0.472 e. The molecule has 6 N–H and O–H groups in total. The minimum absolute atomic E-state index is 0.0213. The molecule has 10 atom stereocenters. The number of imidazole rings is 2. The molecule has 244 valence electrons. The van der Waals surface area contributed by atoms with Gasteiger partial charge in [0.05, 0.1) is 25.9 Å². The number of phosphoric ester groups is 1. The zero-order valence-electron chi connectivity index (χ0n) is 23.4. The number of anilines is 2. The van der Waals surface area contributed by atoms with Gasteiger partial charge < -0.3 is 39.6 Å². The van der Waals surface area contributed by atoms with Crippen LogP contribution in [0.15, 0.2) is 23.8 Å². The first-order valence-electron chi connectivity index (χ1n) is 13.4. The molecule has 46 heavy (non-hydrogen) atoms. The van der Waals surface area contributed by atoms with Gasteiger partial charge in [-0.3, -0.25) is 32.5 Å². The Hall–Kier alpha value is -3.37. The summed E-state index contributed by atoms with van der Waals surface area (Å²) >= 11 is 0. The van der Waals surface area contributed by atoms with E-state index < -0.39 is 83.2 Å². The van der Waals surface area contributed by atoms with Crippen LogP contribution in [0.5, 0.6) is 0 Å². The van der Waals surface area contributed by atoms with Crippen molar-refractivity contribution in [2.45, 2.75) is 49.1 Å². The van der Waals surface area contributed by atoms with Crippen LogP contribution < -0.4 is 17.0 Å². The number of nitrogen functional groups attached to an aromatic ring is 2. The van der Waals surface area contributed by atoms with Gasteiger partial charge in [0.15, 0.2) is 41.3 Å². The van der Waals surface area contributed by atoms with Crippen LogP contribution in [-0.4, -0.2) is 109 Å². The molecule has 3 saturated heterocycles. The van der Waals surface area contributed by atoms with Gasteiger partial charge in [-0.25, -0.2) is 28.9 Å². The first kappa shape index (κ1) is 31.2. The maximum atomic E-state index is 16.0.